The van der Waals surface area contributed by atoms with Gasteiger partial charge in [0.25, 0.3) is 5.69 Å². The van der Waals surface area contributed by atoms with E-state index in [2.05, 4.69) is 0 Å². The molecule has 3 aromatic rings. The van der Waals surface area contributed by atoms with Gasteiger partial charge >= 0.3 is 5.97 Å². The van der Waals surface area contributed by atoms with E-state index in [-0.39, 0.29) is 22.9 Å². The van der Waals surface area contributed by atoms with Gasteiger partial charge in [0, 0.05) is 6.07 Å². The van der Waals surface area contributed by atoms with Crippen LogP contribution >= 0.6 is 11.8 Å². The number of carbonyl (C=O) groups is 1. The Morgan fingerprint density at radius 1 is 1.03 bits per heavy atom. The summed E-state index contributed by atoms with van der Waals surface area (Å²) in [4.78, 5) is 23.6. The van der Waals surface area contributed by atoms with Crippen molar-refractivity contribution in [2.75, 3.05) is 14.2 Å². The van der Waals surface area contributed by atoms with Crippen LogP contribution in [0.5, 0.6) is 11.5 Å². The fourth-order valence-corrected chi connectivity index (χ4v) is 4.39. The van der Waals surface area contributed by atoms with Gasteiger partial charge in [-0.2, -0.15) is 0 Å². The second kappa shape index (κ2) is 11.3. The molecule has 0 aromatic heterocycles. The van der Waals surface area contributed by atoms with Gasteiger partial charge in [-0.15, -0.1) is 11.8 Å². The molecule has 0 bridgehead atoms. The SMILES string of the molecule is COC(=O)[C@H](O)[C@H](Sc1c(OCc2ccccc2)cccc1[N+](=O)[O-])c1ccc(OC)cc1. The summed E-state index contributed by atoms with van der Waals surface area (Å²) in [5.41, 5.74) is 1.26. The third-order valence-corrected chi connectivity index (χ3v) is 6.24. The van der Waals surface area contributed by atoms with Gasteiger partial charge in [0.15, 0.2) is 6.10 Å². The molecule has 9 heteroatoms. The molecule has 0 fully saturated rings. The van der Waals surface area contributed by atoms with Crippen molar-refractivity contribution in [3.8, 4) is 11.5 Å². The van der Waals surface area contributed by atoms with Crippen LogP contribution in [0.4, 0.5) is 5.69 Å². The highest BCUT2D eigenvalue weighted by molar-refractivity contribution is 7.99. The molecule has 0 spiro atoms. The minimum Gasteiger partial charge on any atom is -0.497 e. The number of hydrogen-bond acceptors (Lipinski definition) is 8. The van der Waals surface area contributed by atoms with E-state index in [0.717, 1.165) is 17.3 Å². The lowest BCUT2D eigenvalue weighted by molar-refractivity contribution is -0.387. The molecule has 0 saturated heterocycles. The van der Waals surface area contributed by atoms with Gasteiger partial charge in [-0.1, -0.05) is 48.5 Å². The average molecular weight is 470 g/mol. The Bertz CT molecular complexity index is 1090. The van der Waals surface area contributed by atoms with Gasteiger partial charge < -0.3 is 19.3 Å². The number of benzene rings is 3. The molecule has 0 aliphatic rings. The molecular formula is C24H23NO7S. The number of methoxy groups -OCH3 is 2. The monoisotopic (exact) mass is 469 g/mol. The van der Waals surface area contributed by atoms with E-state index in [0.29, 0.717) is 11.3 Å². The maximum Gasteiger partial charge on any atom is 0.336 e. The van der Waals surface area contributed by atoms with E-state index in [1.807, 2.05) is 30.3 Å². The second-order valence-electron chi connectivity index (χ2n) is 6.92. The summed E-state index contributed by atoms with van der Waals surface area (Å²) < 4.78 is 15.8. The summed E-state index contributed by atoms with van der Waals surface area (Å²) in [6, 6.07) is 20.6. The fraction of sp³-hybridized carbons (Fsp3) is 0.208. The Hall–Kier alpha value is -3.56. The molecular weight excluding hydrogens is 446 g/mol. The molecule has 3 aromatic carbocycles. The molecule has 0 aliphatic carbocycles. The summed E-state index contributed by atoms with van der Waals surface area (Å²) in [5.74, 6) is 0.00918. The van der Waals surface area contributed by atoms with Gasteiger partial charge in [0.2, 0.25) is 0 Å². The Morgan fingerprint density at radius 2 is 1.73 bits per heavy atom. The maximum absolute atomic E-state index is 12.2. The van der Waals surface area contributed by atoms with Crippen molar-refractivity contribution in [3.05, 3.63) is 94.0 Å². The summed E-state index contributed by atoms with van der Waals surface area (Å²) in [6.07, 6.45) is -1.57. The Kier molecular flexibility index (Phi) is 8.28. The molecule has 0 aliphatic heterocycles. The van der Waals surface area contributed by atoms with Crippen LogP contribution in [-0.2, 0) is 16.1 Å². The highest BCUT2D eigenvalue weighted by Gasteiger charge is 2.33. The quantitative estimate of drug-likeness (QED) is 0.199. The van der Waals surface area contributed by atoms with Crippen molar-refractivity contribution >= 4 is 23.4 Å². The number of thioether (sulfide) groups is 1. The smallest absolute Gasteiger partial charge is 0.336 e. The first-order valence-corrected chi connectivity index (χ1v) is 10.8. The van der Waals surface area contributed by atoms with E-state index in [1.54, 1.807) is 30.3 Å². The first kappa shape index (κ1) is 24.1. The van der Waals surface area contributed by atoms with Crippen LogP contribution in [0, 0.1) is 10.1 Å². The lowest BCUT2D eigenvalue weighted by Gasteiger charge is -2.22. The third-order valence-electron chi connectivity index (χ3n) is 4.81. The second-order valence-corrected chi connectivity index (χ2v) is 8.07. The minimum absolute atomic E-state index is 0.193. The summed E-state index contributed by atoms with van der Waals surface area (Å²) in [7, 11) is 2.69. The van der Waals surface area contributed by atoms with Crippen molar-refractivity contribution in [1.29, 1.82) is 0 Å². The largest absolute Gasteiger partial charge is 0.497 e. The number of rotatable bonds is 10. The maximum atomic E-state index is 12.2. The van der Waals surface area contributed by atoms with Crippen molar-refractivity contribution in [2.45, 2.75) is 22.9 Å². The van der Waals surface area contributed by atoms with E-state index in [4.69, 9.17) is 14.2 Å². The number of nitrogens with zero attached hydrogens (tertiary/aromatic N) is 1. The highest BCUT2D eigenvalue weighted by Crippen LogP contribution is 2.47. The molecule has 0 heterocycles. The van der Waals surface area contributed by atoms with Crippen molar-refractivity contribution in [1.82, 2.24) is 0 Å². The molecule has 0 amide bonds. The van der Waals surface area contributed by atoms with Gasteiger partial charge in [-0.3, -0.25) is 10.1 Å². The van der Waals surface area contributed by atoms with Crippen LogP contribution in [0.3, 0.4) is 0 Å². The van der Waals surface area contributed by atoms with Crippen LogP contribution < -0.4 is 9.47 Å². The van der Waals surface area contributed by atoms with Gasteiger partial charge in [-0.05, 0) is 29.3 Å². The van der Waals surface area contributed by atoms with Crippen molar-refractivity contribution < 1.29 is 29.0 Å². The zero-order chi connectivity index (χ0) is 23.8. The molecule has 0 radical (unpaired) electrons. The molecule has 172 valence electrons. The van der Waals surface area contributed by atoms with Crippen molar-refractivity contribution in [2.24, 2.45) is 0 Å². The first-order chi connectivity index (χ1) is 15.9. The average Bonchev–Trinajstić information content (AvgIpc) is 2.86. The van der Waals surface area contributed by atoms with E-state index in [1.165, 1.54) is 26.4 Å². The van der Waals surface area contributed by atoms with Crippen LogP contribution in [0.25, 0.3) is 0 Å². The molecule has 0 unspecified atom stereocenters. The van der Waals surface area contributed by atoms with Crippen molar-refractivity contribution in [3.63, 3.8) is 0 Å². The lowest BCUT2D eigenvalue weighted by Crippen LogP contribution is -2.27. The molecule has 1 N–H and O–H groups in total. The van der Waals surface area contributed by atoms with E-state index < -0.39 is 22.2 Å². The normalized spacial score (nSPS) is 12.5. The zero-order valence-electron chi connectivity index (χ0n) is 18.0. The fourth-order valence-electron chi connectivity index (χ4n) is 3.10. The van der Waals surface area contributed by atoms with Crippen LogP contribution in [0.2, 0.25) is 0 Å². The summed E-state index contributed by atoms with van der Waals surface area (Å²) in [6.45, 7) is 0.197. The molecule has 33 heavy (non-hydrogen) atoms. The predicted octanol–water partition coefficient (Wildman–Crippen LogP) is 4.55. The number of hydrogen-bond donors (Lipinski definition) is 1. The number of nitro benzene ring substituents is 1. The van der Waals surface area contributed by atoms with E-state index in [9.17, 15) is 20.0 Å². The highest BCUT2D eigenvalue weighted by atomic mass is 32.2. The Balaban J connectivity index is 2.00. The molecule has 0 saturated carbocycles. The van der Waals surface area contributed by atoms with Gasteiger partial charge in [-0.25, -0.2) is 4.79 Å². The van der Waals surface area contributed by atoms with Crippen LogP contribution in [-0.4, -0.2) is 36.3 Å². The number of aliphatic hydroxyl groups excluding tert-OH is 1. The number of carbonyl (C=O) groups excluding carboxylic acids is 1. The molecule has 3 rings (SSSR count). The number of ether oxygens (including phenoxy) is 3. The zero-order valence-corrected chi connectivity index (χ0v) is 18.9. The van der Waals surface area contributed by atoms with Gasteiger partial charge in [0.1, 0.15) is 23.0 Å². The number of nitro groups is 1. The Morgan fingerprint density at radius 3 is 2.33 bits per heavy atom. The third kappa shape index (κ3) is 6.03. The minimum atomic E-state index is -1.57. The van der Waals surface area contributed by atoms with Crippen LogP contribution in [0.1, 0.15) is 16.4 Å². The topological polar surface area (TPSA) is 108 Å². The first-order valence-electron chi connectivity index (χ1n) is 9.95. The summed E-state index contributed by atoms with van der Waals surface area (Å²) in [5, 5.41) is 21.6. The van der Waals surface area contributed by atoms with E-state index >= 15 is 0 Å². The predicted molar refractivity (Wildman–Crippen MR) is 123 cm³/mol. The number of esters is 1. The van der Waals surface area contributed by atoms with Crippen LogP contribution in [0.15, 0.2) is 77.7 Å². The molecule has 2 atom stereocenters. The number of aliphatic hydroxyl groups is 1. The standard InChI is InChI=1S/C24H23NO7S/c1-30-18-13-11-17(12-14-18)22(21(26)24(27)31-2)33-23-19(25(28)29)9-6-10-20(23)32-15-16-7-4-3-5-8-16/h3-14,21-22,26H,15H2,1-2H3/t21-,22-/m1/s1. The lowest BCUT2D eigenvalue weighted by atomic mass is 10.1. The van der Waals surface area contributed by atoms with Gasteiger partial charge in [0.05, 0.1) is 24.4 Å². The summed E-state index contributed by atoms with van der Waals surface area (Å²) >= 11 is 0.965. The Labute approximate surface area is 195 Å². The molecule has 8 nitrogen and oxygen atoms in total.